The van der Waals surface area contributed by atoms with Crippen LogP contribution in [0.5, 0.6) is 5.75 Å². The molecule has 0 aromatic heterocycles. The fourth-order valence-electron chi connectivity index (χ4n) is 4.07. The Balaban J connectivity index is 1.53. The maximum Gasteiger partial charge on any atom is 0.193 e. The molecule has 1 aromatic rings. The van der Waals surface area contributed by atoms with Gasteiger partial charge in [0.05, 0.1) is 6.61 Å². The first-order chi connectivity index (χ1) is 13.3. The molecule has 0 amide bonds. The minimum atomic E-state index is 0.712. The van der Waals surface area contributed by atoms with Crippen molar-refractivity contribution >= 4 is 5.96 Å². The van der Waals surface area contributed by atoms with Gasteiger partial charge in [0.2, 0.25) is 0 Å². The molecule has 1 unspecified atom stereocenters. The lowest BCUT2D eigenvalue weighted by atomic mass is 10.1. The van der Waals surface area contributed by atoms with Gasteiger partial charge in [0.25, 0.3) is 0 Å². The Hall–Kier alpha value is -1.75. The molecule has 2 aliphatic heterocycles. The second-order valence-electron chi connectivity index (χ2n) is 7.61. The summed E-state index contributed by atoms with van der Waals surface area (Å²) >= 11 is 0. The van der Waals surface area contributed by atoms with E-state index in [0.29, 0.717) is 6.04 Å². The van der Waals surface area contributed by atoms with E-state index >= 15 is 0 Å². The van der Waals surface area contributed by atoms with Crippen LogP contribution in [0.1, 0.15) is 45.1 Å². The molecule has 1 atom stereocenters. The Morgan fingerprint density at radius 3 is 2.85 bits per heavy atom. The third-order valence-electron chi connectivity index (χ3n) is 5.49. The largest absolute Gasteiger partial charge is 0.494 e. The average molecular weight is 373 g/mol. The van der Waals surface area contributed by atoms with E-state index in [4.69, 9.17) is 9.73 Å². The highest BCUT2D eigenvalue weighted by molar-refractivity contribution is 5.80. The number of guanidine groups is 1. The van der Waals surface area contributed by atoms with Crippen molar-refractivity contribution in [3.8, 4) is 5.75 Å². The first-order valence-electron chi connectivity index (χ1n) is 10.8. The van der Waals surface area contributed by atoms with Crippen molar-refractivity contribution in [2.45, 2.75) is 52.0 Å². The molecule has 0 radical (unpaired) electrons. The first-order valence-corrected chi connectivity index (χ1v) is 10.8. The van der Waals surface area contributed by atoms with Crippen LogP contribution in [0, 0.1) is 0 Å². The zero-order chi connectivity index (χ0) is 18.9. The maximum absolute atomic E-state index is 5.74. The van der Waals surface area contributed by atoms with Crippen LogP contribution < -0.4 is 10.1 Å². The van der Waals surface area contributed by atoms with Crippen LogP contribution in [0.3, 0.4) is 0 Å². The van der Waals surface area contributed by atoms with Crippen molar-refractivity contribution in [2.24, 2.45) is 4.99 Å². The highest BCUT2D eigenvalue weighted by Crippen LogP contribution is 2.20. The van der Waals surface area contributed by atoms with Crippen LogP contribution in [0.2, 0.25) is 0 Å². The Labute approximate surface area is 164 Å². The van der Waals surface area contributed by atoms with Gasteiger partial charge in [0, 0.05) is 32.2 Å². The van der Waals surface area contributed by atoms with Gasteiger partial charge in [-0.2, -0.15) is 0 Å². The van der Waals surface area contributed by atoms with Gasteiger partial charge in [0.1, 0.15) is 5.75 Å². The monoisotopic (exact) mass is 372 g/mol. The van der Waals surface area contributed by atoms with E-state index in [9.17, 15) is 0 Å². The summed E-state index contributed by atoms with van der Waals surface area (Å²) in [6.07, 6.45) is 5.98. The van der Waals surface area contributed by atoms with Crippen LogP contribution in [0.25, 0.3) is 0 Å². The third kappa shape index (κ3) is 5.86. The molecule has 2 fully saturated rings. The molecule has 3 rings (SSSR count). The predicted octanol–water partition coefficient (Wildman–Crippen LogP) is 3.15. The number of nitrogens with zero attached hydrogens (tertiary/aromatic N) is 3. The van der Waals surface area contributed by atoms with Crippen LogP contribution in [-0.4, -0.2) is 67.7 Å². The van der Waals surface area contributed by atoms with Gasteiger partial charge in [-0.05, 0) is 69.8 Å². The molecule has 27 heavy (non-hydrogen) atoms. The van der Waals surface area contributed by atoms with Gasteiger partial charge in [0.15, 0.2) is 5.96 Å². The highest BCUT2D eigenvalue weighted by Gasteiger charge is 2.30. The Morgan fingerprint density at radius 1 is 1.22 bits per heavy atom. The number of hydrogen-bond donors (Lipinski definition) is 1. The molecule has 2 heterocycles. The molecule has 2 aliphatic rings. The van der Waals surface area contributed by atoms with Gasteiger partial charge in [-0.25, -0.2) is 0 Å². The number of likely N-dealkylation sites (tertiary alicyclic amines) is 2. The average Bonchev–Trinajstić information content (AvgIpc) is 3.37. The normalized spacial score (nSPS) is 21.0. The van der Waals surface area contributed by atoms with Gasteiger partial charge in [-0.3, -0.25) is 9.89 Å². The van der Waals surface area contributed by atoms with Crippen LogP contribution >= 0.6 is 0 Å². The second-order valence-corrected chi connectivity index (χ2v) is 7.61. The van der Waals surface area contributed by atoms with Crippen LogP contribution in [-0.2, 0) is 6.42 Å². The number of benzene rings is 1. The van der Waals surface area contributed by atoms with Crippen molar-refractivity contribution in [2.75, 3.05) is 45.9 Å². The quantitative estimate of drug-likeness (QED) is 0.562. The molecule has 0 aliphatic carbocycles. The number of ether oxygens (including phenoxy) is 1. The van der Waals surface area contributed by atoms with E-state index in [-0.39, 0.29) is 0 Å². The predicted molar refractivity (Wildman–Crippen MR) is 113 cm³/mol. The van der Waals surface area contributed by atoms with Gasteiger partial charge < -0.3 is 15.0 Å². The first kappa shape index (κ1) is 20.0. The molecular formula is C22H36N4O. The molecule has 1 N–H and O–H groups in total. The zero-order valence-corrected chi connectivity index (χ0v) is 17.1. The van der Waals surface area contributed by atoms with Crippen molar-refractivity contribution in [3.63, 3.8) is 0 Å². The molecule has 2 saturated heterocycles. The third-order valence-corrected chi connectivity index (χ3v) is 5.49. The Bertz CT molecular complexity index is 598. The van der Waals surface area contributed by atoms with Crippen LogP contribution in [0.4, 0.5) is 0 Å². The standard InChI is InChI=1S/C22H36N4O/c1-3-16-27-21-9-7-8-19(17-21)10-12-24-22(23-4-2)26-15-11-20(18-26)25-13-5-6-14-25/h7-9,17,20H,3-6,10-16,18H2,1-2H3,(H,23,24). The summed E-state index contributed by atoms with van der Waals surface area (Å²) in [5.41, 5.74) is 1.29. The zero-order valence-electron chi connectivity index (χ0n) is 17.1. The summed E-state index contributed by atoms with van der Waals surface area (Å²) in [7, 11) is 0. The van der Waals surface area contributed by atoms with Gasteiger partial charge in [-0.1, -0.05) is 19.1 Å². The number of rotatable bonds is 8. The van der Waals surface area contributed by atoms with E-state index in [2.05, 4.69) is 47.2 Å². The SMILES string of the molecule is CCCOc1cccc(CCN=C(NCC)N2CCC(N3CCCC3)C2)c1. The van der Waals surface area contributed by atoms with Crippen LogP contribution in [0.15, 0.2) is 29.3 Å². The summed E-state index contributed by atoms with van der Waals surface area (Å²) in [5, 5.41) is 3.49. The van der Waals surface area contributed by atoms with E-state index in [1.807, 2.05) is 6.07 Å². The minimum absolute atomic E-state index is 0.712. The summed E-state index contributed by atoms with van der Waals surface area (Å²) in [4.78, 5) is 10.0. The Morgan fingerprint density at radius 2 is 2.07 bits per heavy atom. The summed E-state index contributed by atoms with van der Waals surface area (Å²) in [6.45, 7) is 11.6. The lowest BCUT2D eigenvalue weighted by molar-refractivity contribution is 0.249. The highest BCUT2D eigenvalue weighted by atomic mass is 16.5. The van der Waals surface area contributed by atoms with Gasteiger partial charge >= 0.3 is 0 Å². The molecule has 1 aromatic carbocycles. The summed E-state index contributed by atoms with van der Waals surface area (Å²) in [6, 6.07) is 9.15. The molecule has 0 saturated carbocycles. The Kier molecular flexibility index (Phi) is 7.81. The minimum Gasteiger partial charge on any atom is -0.494 e. The lowest BCUT2D eigenvalue weighted by Crippen LogP contribution is -2.42. The maximum atomic E-state index is 5.74. The van der Waals surface area contributed by atoms with E-state index in [1.165, 1.54) is 37.9 Å². The molecule has 5 nitrogen and oxygen atoms in total. The fourth-order valence-corrected chi connectivity index (χ4v) is 4.07. The van der Waals surface area contributed by atoms with Crippen molar-refractivity contribution in [1.82, 2.24) is 15.1 Å². The molecular weight excluding hydrogens is 336 g/mol. The number of hydrogen-bond acceptors (Lipinski definition) is 3. The molecule has 0 spiro atoms. The smallest absolute Gasteiger partial charge is 0.193 e. The van der Waals surface area contributed by atoms with Gasteiger partial charge in [-0.15, -0.1) is 0 Å². The fraction of sp³-hybridized carbons (Fsp3) is 0.682. The van der Waals surface area contributed by atoms with E-state index in [0.717, 1.165) is 57.3 Å². The van der Waals surface area contributed by atoms with E-state index in [1.54, 1.807) is 0 Å². The molecule has 0 bridgehead atoms. The molecule has 150 valence electrons. The topological polar surface area (TPSA) is 40.1 Å². The van der Waals surface area contributed by atoms with Crippen molar-refractivity contribution in [3.05, 3.63) is 29.8 Å². The second kappa shape index (κ2) is 10.5. The van der Waals surface area contributed by atoms with Crippen molar-refractivity contribution < 1.29 is 4.74 Å². The van der Waals surface area contributed by atoms with E-state index < -0.39 is 0 Å². The summed E-state index contributed by atoms with van der Waals surface area (Å²) < 4.78 is 5.74. The molecule has 5 heteroatoms. The number of aliphatic imine (C=N–C) groups is 1. The summed E-state index contributed by atoms with van der Waals surface area (Å²) in [5.74, 6) is 2.05. The van der Waals surface area contributed by atoms with Crippen molar-refractivity contribution in [1.29, 1.82) is 0 Å². The lowest BCUT2D eigenvalue weighted by Gasteiger charge is -2.25. The number of nitrogens with one attached hydrogen (secondary N) is 1.